The highest BCUT2D eigenvalue weighted by Gasteiger charge is 2.21. The minimum atomic E-state index is -0.420. The van der Waals surface area contributed by atoms with Gasteiger partial charge in [0.25, 0.3) is 0 Å². The van der Waals surface area contributed by atoms with Gasteiger partial charge >= 0.3 is 0 Å². The molecule has 1 saturated heterocycles. The van der Waals surface area contributed by atoms with E-state index in [9.17, 15) is 4.39 Å². The summed E-state index contributed by atoms with van der Waals surface area (Å²) in [6.07, 6.45) is 0.269. The highest BCUT2D eigenvalue weighted by Crippen LogP contribution is 2.10. The van der Waals surface area contributed by atoms with Crippen LogP contribution in [-0.2, 0) is 0 Å². The van der Waals surface area contributed by atoms with E-state index in [1.54, 1.807) is 0 Å². The first-order valence-corrected chi connectivity index (χ1v) is 3.29. The molecule has 2 N–H and O–H groups in total. The predicted molar refractivity (Wildman–Crippen MR) is 33.0 cm³/mol. The zero-order valence-electron chi connectivity index (χ0n) is 5.31. The molecule has 0 aliphatic carbocycles. The zero-order valence-corrected chi connectivity index (χ0v) is 5.31. The summed E-state index contributed by atoms with van der Waals surface area (Å²) >= 11 is 0. The Morgan fingerprint density at radius 1 is 1.67 bits per heavy atom. The average molecular weight is 133 g/mol. The van der Waals surface area contributed by atoms with Gasteiger partial charge in [0, 0.05) is 12.5 Å². The number of hydrogen-bond donors (Lipinski definition) is 2. The largest absolute Gasteiger partial charge is 0.393 e. The summed E-state index contributed by atoms with van der Waals surface area (Å²) in [7, 11) is 0. The molecule has 2 atom stereocenters. The topological polar surface area (TPSA) is 32.3 Å². The summed E-state index contributed by atoms with van der Waals surface area (Å²) in [4.78, 5) is 0. The van der Waals surface area contributed by atoms with Crippen LogP contribution >= 0.6 is 0 Å². The molecule has 0 aromatic carbocycles. The van der Waals surface area contributed by atoms with Gasteiger partial charge in [-0.05, 0) is 13.0 Å². The first kappa shape index (κ1) is 6.96. The Morgan fingerprint density at radius 3 is 2.89 bits per heavy atom. The Labute approximate surface area is 54.1 Å². The number of nitrogens with one attached hydrogen (secondary N) is 1. The molecule has 2 nitrogen and oxygen atoms in total. The van der Waals surface area contributed by atoms with Crippen LogP contribution in [0.15, 0.2) is 0 Å². The Kier molecular flexibility index (Phi) is 2.42. The molecule has 1 heterocycles. The van der Waals surface area contributed by atoms with Crippen molar-refractivity contribution < 1.29 is 9.50 Å². The molecule has 0 spiro atoms. The van der Waals surface area contributed by atoms with Gasteiger partial charge in [0.1, 0.15) is 0 Å². The molecule has 0 aromatic heterocycles. The van der Waals surface area contributed by atoms with Crippen molar-refractivity contribution in [2.75, 3.05) is 19.8 Å². The second kappa shape index (κ2) is 3.13. The third-order valence-electron chi connectivity index (χ3n) is 1.77. The summed E-state index contributed by atoms with van der Waals surface area (Å²) in [6, 6.07) is 0. The first-order valence-electron chi connectivity index (χ1n) is 3.29. The molecule has 9 heavy (non-hydrogen) atoms. The van der Waals surface area contributed by atoms with E-state index in [2.05, 4.69) is 5.32 Å². The van der Waals surface area contributed by atoms with Crippen molar-refractivity contribution in [3.8, 4) is 0 Å². The lowest BCUT2D eigenvalue weighted by atomic mass is 9.98. The second-order valence-corrected chi connectivity index (χ2v) is 2.47. The van der Waals surface area contributed by atoms with E-state index >= 15 is 0 Å². The second-order valence-electron chi connectivity index (χ2n) is 2.47. The lowest BCUT2D eigenvalue weighted by Gasteiger charge is -2.25. The van der Waals surface area contributed by atoms with Crippen LogP contribution in [0.3, 0.4) is 0 Å². The standard InChI is InChI=1S/C6H12FNO/c7-3-5-4-8-2-1-6(5)9/h5-6,8-9H,1-4H2. The number of rotatable bonds is 1. The molecule has 1 rings (SSSR count). The molecular weight excluding hydrogens is 121 g/mol. The minimum absolute atomic E-state index is 0.168. The van der Waals surface area contributed by atoms with Crippen LogP contribution in [0.25, 0.3) is 0 Å². The predicted octanol–water partition coefficient (Wildman–Crippen LogP) is -0.0737. The SMILES string of the molecule is OC1CCNCC1CF. The molecule has 1 fully saturated rings. The summed E-state index contributed by atoms with van der Waals surface area (Å²) in [5.41, 5.74) is 0. The van der Waals surface area contributed by atoms with E-state index in [0.717, 1.165) is 6.54 Å². The molecule has 0 radical (unpaired) electrons. The van der Waals surface area contributed by atoms with E-state index in [1.165, 1.54) is 0 Å². The van der Waals surface area contributed by atoms with Gasteiger partial charge in [-0.25, -0.2) is 0 Å². The number of halogens is 1. The fourth-order valence-corrected chi connectivity index (χ4v) is 1.07. The van der Waals surface area contributed by atoms with E-state index < -0.39 is 12.8 Å². The number of aliphatic hydroxyl groups excluding tert-OH is 1. The molecule has 1 aliphatic rings. The van der Waals surface area contributed by atoms with Crippen molar-refractivity contribution in [3.63, 3.8) is 0 Å². The Balaban J connectivity index is 2.30. The van der Waals surface area contributed by atoms with Crippen molar-refractivity contribution >= 4 is 0 Å². The average Bonchev–Trinajstić information content (AvgIpc) is 1.89. The van der Waals surface area contributed by atoms with Gasteiger partial charge in [-0.3, -0.25) is 4.39 Å². The molecule has 0 saturated carbocycles. The van der Waals surface area contributed by atoms with Gasteiger partial charge in [-0.2, -0.15) is 0 Å². The molecule has 0 aromatic rings. The van der Waals surface area contributed by atoms with Crippen LogP contribution in [0.5, 0.6) is 0 Å². The van der Waals surface area contributed by atoms with Crippen molar-refractivity contribution in [2.45, 2.75) is 12.5 Å². The number of alkyl halides is 1. The van der Waals surface area contributed by atoms with Crippen LogP contribution < -0.4 is 5.32 Å². The summed E-state index contributed by atoms with van der Waals surface area (Å²) in [6.45, 7) is 1.03. The Morgan fingerprint density at radius 2 is 2.44 bits per heavy atom. The summed E-state index contributed by atoms with van der Waals surface area (Å²) < 4.78 is 11.9. The highest BCUT2D eigenvalue weighted by atomic mass is 19.1. The smallest absolute Gasteiger partial charge is 0.0959 e. The maximum absolute atomic E-state index is 11.9. The van der Waals surface area contributed by atoms with Crippen LogP contribution in [0.4, 0.5) is 4.39 Å². The Bertz CT molecular complexity index is 89.1. The molecule has 0 bridgehead atoms. The lowest BCUT2D eigenvalue weighted by Crippen LogP contribution is -2.40. The Hall–Kier alpha value is -0.150. The normalized spacial score (nSPS) is 36.7. The van der Waals surface area contributed by atoms with Crippen molar-refractivity contribution in [3.05, 3.63) is 0 Å². The fraction of sp³-hybridized carbons (Fsp3) is 1.00. The van der Waals surface area contributed by atoms with Crippen LogP contribution in [0.1, 0.15) is 6.42 Å². The molecule has 0 amide bonds. The third-order valence-corrected chi connectivity index (χ3v) is 1.77. The quantitative estimate of drug-likeness (QED) is 0.524. The van der Waals surface area contributed by atoms with E-state index in [1.807, 2.05) is 0 Å². The lowest BCUT2D eigenvalue weighted by molar-refractivity contribution is 0.0651. The van der Waals surface area contributed by atoms with E-state index in [4.69, 9.17) is 5.11 Å². The summed E-state index contributed by atoms with van der Waals surface area (Å²) in [5.74, 6) is -0.168. The maximum Gasteiger partial charge on any atom is 0.0959 e. The van der Waals surface area contributed by atoms with Crippen LogP contribution in [-0.4, -0.2) is 31.0 Å². The zero-order chi connectivity index (χ0) is 6.69. The van der Waals surface area contributed by atoms with Gasteiger partial charge < -0.3 is 10.4 Å². The molecule has 54 valence electrons. The number of aliphatic hydroxyl groups is 1. The van der Waals surface area contributed by atoms with Crippen molar-refractivity contribution in [2.24, 2.45) is 5.92 Å². The molecule has 2 unspecified atom stereocenters. The van der Waals surface area contributed by atoms with E-state index in [0.29, 0.717) is 13.0 Å². The monoisotopic (exact) mass is 133 g/mol. The first-order chi connectivity index (χ1) is 4.34. The van der Waals surface area contributed by atoms with Gasteiger partial charge in [0.2, 0.25) is 0 Å². The fourth-order valence-electron chi connectivity index (χ4n) is 1.07. The molecule has 3 heteroatoms. The van der Waals surface area contributed by atoms with Crippen LogP contribution in [0.2, 0.25) is 0 Å². The number of piperidine rings is 1. The maximum atomic E-state index is 11.9. The molecule has 1 aliphatic heterocycles. The van der Waals surface area contributed by atoms with Gasteiger partial charge in [0.15, 0.2) is 0 Å². The van der Waals surface area contributed by atoms with Gasteiger partial charge in [-0.15, -0.1) is 0 Å². The van der Waals surface area contributed by atoms with Crippen molar-refractivity contribution in [1.82, 2.24) is 5.32 Å². The van der Waals surface area contributed by atoms with Gasteiger partial charge in [-0.1, -0.05) is 0 Å². The number of hydrogen-bond acceptors (Lipinski definition) is 2. The van der Waals surface area contributed by atoms with Crippen molar-refractivity contribution in [1.29, 1.82) is 0 Å². The van der Waals surface area contributed by atoms with E-state index in [-0.39, 0.29) is 5.92 Å². The summed E-state index contributed by atoms with van der Waals surface area (Å²) in [5, 5.41) is 12.1. The van der Waals surface area contributed by atoms with Crippen LogP contribution in [0, 0.1) is 5.92 Å². The minimum Gasteiger partial charge on any atom is -0.393 e. The molecular formula is C6H12FNO. The third kappa shape index (κ3) is 1.63. The van der Waals surface area contributed by atoms with Gasteiger partial charge in [0.05, 0.1) is 12.8 Å². The highest BCUT2D eigenvalue weighted by molar-refractivity contribution is 4.76.